The van der Waals surface area contributed by atoms with Crippen molar-refractivity contribution in [2.45, 2.75) is 19.4 Å². The molecular formula is C16H21N3O. The van der Waals surface area contributed by atoms with Crippen molar-refractivity contribution in [1.29, 1.82) is 0 Å². The Hall–Kier alpha value is -1.81. The lowest BCUT2D eigenvalue weighted by Gasteiger charge is -2.17. The van der Waals surface area contributed by atoms with Crippen LogP contribution < -0.4 is 5.32 Å². The molecule has 0 saturated carbocycles. The van der Waals surface area contributed by atoms with Crippen LogP contribution in [0, 0.1) is 0 Å². The van der Waals surface area contributed by atoms with Gasteiger partial charge in [-0.1, -0.05) is 18.2 Å². The van der Waals surface area contributed by atoms with E-state index in [9.17, 15) is 4.79 Å². The second-order valence-corrected chi connectivity index (χ2v) is 5.66. The van der Waals surface area contributed by atoms with Crippen LogP contribution in [0.15, 0.2) is 24.3 Å². The second kappa shape index (κ2) is 5.29. The van der Waals surface area contributed by atoms with Gasteiger partial charge in [0.05, 0.1) is 0 Å². The van der Waals surface area contributed by atoms with E-state index in [1.807, 2.05) is 6.07 Å². The summed E-state index contributed by atoms with van der Waals surface area (Å²) in [4.78, 5) is 14.4. The van der Waals surface area contributed by atoms with Gasteiger partial charge in [-0.25, -0.2) is 0 Å². The third kappa shape index (κ3) is 2.20. The normalized spacial score (nSPS) is 14.7. The van der Waals surface area contributed by atoms with Crippen molar-refractivity contribution in [3.8, 4) is 0 Å². The van der Waals surface area contributed by atoms with Crippen LogP contribution in [0.3, 0.4) is 0 Å². The van der Waals surface area contributed by atoms with Gasteiger partial charge in [0.1, 0.15) is 5.69 Å². The van der Waals surface area contributed by atoms with Crippen molar-refractivity contribution in [2.24, 2.45) is 0 Å². The molecule has 0 bridgehead atoms. The first-order chi connectivity index (χ1) is 9.68. The number of fused-ring (bicyclic) bond motifs is 3. The molecule has 1 aliphatic rings. The SMILES string of the molecule is CN(C)CCCn1c2c(c3ccccc31)CCNC2=O. The Bertz CT molecular complexity index is 642. The lowest BCUT2D eigenvalue weighted by Crippen LogP contribution is -2.33. The highest BCUT2D eigenvalue weighted by atomic mass is 16.2. The van der Waals surface area contributed by atoms with Crippen LogP contribution in [0.1, 0.15) is 22.5 Å². The maximum absolute atomic E-state index is 12.2. The maximum Gasteiger partial charge on any atom is 0.268 e. The summed E-state index contributed by atoms with van der Waals surface area (Å²) in [6.45, 7) is 2.67. The van der Waals surface area contributed by atoms with Gasteiger partial charge in [0.25, 0.3) is 5.91 Å². The first-order valence-electron chi connectivity index (χ1n) is 7.21. The van der Waals surface area contributed by atoms with E-state index in [0.717, 1.165) is 38.2 Å². The Kier molecular flexibility index (Phi) is 3.49. The van der Waals surface area contributed by atoms with Crippen molar-refractivity contribution >= 4 is 16.8 Å². The topological polar surface area (TPSA) is 37.3 Å². The number of rotatable bonds is 4. The van der Waals surface area contributed by atoms with Crippen LogP contribution in [0.4, 0.5) is 0 Å². The molecule has 0 fully saturated rings. The number of benzene rings is 1. The van der Waals surface area contributed by atoms with E-state index in [4.69, 9.17) is 0 Å². The van der Waals surface area contributed by atoms with Crippen LogP contribution in [0.2, 0.25) is 0 Å². The largest absolute Gasteiger partial charge is 0.350 e. The molecule has 4 nitrogen and oxygen atoms in total. The minimum Gasteiger partial charge on any atom is -0.350 e. The molecule has 2 heterocycles. The summed E-state index contributed by atoms with van der Waals surface area (Å²) in [7, 11) is 4.16. The summed E-state index contributed by atoms with van der Waals surface area (Å²) in [5, 5.41) is 4.21. The van der Waals surface area contributed by atoms with Crippen LogP contribution in [-0.4, -0.2) is 42.6 Å². The van der Waals surface area contributed by atoms with Crippen molar-refractivity contribution in [3.63, 3.8) is 0 Å². The Morgan fingerprint density at radius 3 is 2.90 bits per heavy atom. The molecule has 4 heteroatoms. The zero-order valence-corrected chi connectivity index (χ0v) is 12.1. The van der Waals surface area contributed by atoms with Gasteiger partial charge < -0.3 is 14.8 Å². The number of nitrogens with zero attached hydrogens (tertiary/aromatic N) is 2. The first-order valence-corrected chi connectivity index (χ1v) is 7.21. The molecule has 1 aliphatic heterocycles. The molecule has 1 N–H and O–H groups in total. The Morgan fingerprint density at radius 1 is 1.30 bits per heavy atom. The van der Waals surface area contributed by atoms with E-state index < -0.39 is 0 Å². The average Bonchev–Trinajstić information content (AvgIpc) is 2.75. The predicted molar refractivity (Wildman–Crippen MR) is 81.1 cm³/mol. The van der Waals surface area contributed by atoms with Crippen molar-refractivity contribution < 1.29 is 4.79 Å². The maximum atomic E-state index is 12.2. The molecule has 0 saturated heterocycles. The quantitative estimate of drug-likeness (QED) is 0.922. The van der Waals surface area contributed by atoms with Gasteiger partial charge in [0.2, 0.25) is 0 Å². The molecule has 106 valence electrons. The highest BCUT2D eigenvalue weighted by Crippen LogP contribution is 2.28. The van der Waals surface area contributed by atoms with Crippen molar-refractivity contribution in [2.75, 3.05) is 27.2 Å². The van der Waals surface area contributed by atoms with Crippen LogP contribution in [0.5, 0.6) is 0 Å². The third-order valence-corrected chi connectivity index (χ3v) is 3.94. The van der Waals surface area contributed by atoms with Gasteiger partial charge in [0, 0.05) is 24.0 Å². The van der Waals surface area contributed by atoms with E-state index in [2.05, 4.69) is 47.1 Å². The zero-order chi connectivity index (χ0) is 14.1. The summed E-state index contributed by atoms with van der Waals surface area (Å²) < 4.78 is 2.20. The van der Waals surface area contributed by atoms with E-state index in [0.29, 0.717) is 0 Å². The lowest BCUT2D eigenvalue weighted by atomic mass is 10.0. The van der Waals surface area contributed by atoms with E-state index >= 15 is 0 Å². The standard InChI is InChI=1S/C16H21N3O/c1-18(2)10-5-11-19-14-7-4-3-6-12(14)13-8-9-17-16(20)15(13)19/h3-4,6-7H,5,8-11H2,1-2H3,(H,17,20). The summed E-state index contributed by atoms with van der Waals surface area (Å²) >= 11 is 0. The summed E-state index contributed by atoms with van der Waals surface area (Å²) in [5.41, 5.74) is 3.28. The number of hydrogen-bond acceptors (Lipinski definition) is 2. The van der Waals surface area contributed by atoms with Gasteiger partial charge in [0.15, 0.2) is 0 Å². The smallest absolute Gasteiger partial charge is 0.268 e. The van der Waals surface area contributed by atoms with Crippen LogP contribution >= 0.6 is 0 Å². The first kappa shape index (κ1) is 13.2. The molecule has 1 aromatic carbocycles. The van der Waals surface area contributed by atoms with Crippen molar-refractivity contribution in [1.82, 2.24) is 14.8 Å². The minimum atomic E-state index is 0.0762. The van der Waals surface area contributed by atoms with Gasteiger partial charge in [-0.05, 0) is 45.1 Å². The number of aryl methyl sites for hydroxylation is 1. The fourth-order valence-corrected chi connectivity index (χ4v) is 3.05. The fourth-order valence-electron chi connectivity index (χ4n) is 3.05. The number of hydrogen-bond donors (Lipinski definition) is 1. The van der Waals surface area contributed by atoms with Gasteiger partial charge in [-0.15, -0.1) is 0 Å². The van der Waals surface area contributed by atoms with Crippen LogP contribution in [0.25, 0.3) is 10.9 Å². The van der Waals surface area contributed by atoms with E-state index in [1.54, 1.807) is 0 Å². The second-order valence-electron chi connectivity index (χ2n) is 5.66. The number of para-hydroxylation sites is 1. The molecule has 0 spiro atoms. The minimum absolute atomic E-state index is 0.0762. The number of carbonyl (C=O) groups excluding carboxylic acids is 1. The number of carbonyl (C=O) groups is 1. The Balaban J connectivity index is 2.05. The molecule has 20 heavy (non-hydrogen) atoms. The van der Waals surface area contributed by atoms with Crippen LogP contribution in [-0.2, 0) is 13.0 Å². The Morgan fingerprint density at radius 2 is 2.10 bits per heavy atom. The molecule has 0 radical (unpaired) electrons. The molecular weight excluding hydrogens is 250 g/mol. The summed E-state index contributed by atoms with van der Waals surface area (Å²) in [6, 6.07) is 8.36. The fraction of sp³-hybridized carbons (Fsp3) is 0.438. The summed E-state index contributed by atoms with van der Waals surface area (Å²) in [6.07, 6.45) is 1.98. The predicted octanol–water partition coefficient (Wildman–Crippen LogP) is 1.88. The summed E-state index contributed by atoms with van der Waals surface area (Å²) in [5.74, 6) is 0.0762. The number of nitrogens with one attached hydrogen (secondary N) is 1. The van der Waals surface area contributed by atoms with Gasteiger partial charge in [-0.2, -0.15) is 0 Å². The molecule has 1 amide bonds. The number of aromatic nitrogens is 1. The highest BCUT2D eigenvalue weighted by molar-refractivity contribution is 6.02. The molecule has 0 unspecified atom stereocenters. The van der Waals surface area contributed by atoms with E-state index in [1.165, 1.54) is 16.5 Å². The van der Waals surface area contributed by atoms with Crippen molar-refractivity contribution in [3.05, 3.63) is 35.5 Å². The molecule has 0 atom stereocenters. The molecule has 3 rings (SSSR count). The Labute approximate surface area is 119 Å². The highest BCUT2D eigenvalue weighted by Gasteiger charge is 2.25. The third-order valence-electron chi connectivity index (χ3n) is 3.94. The molecule has 0 aliphatic carbocycles. The van der Waals surface area contributed by atoms with Gasteiger partial charge >= 0.3 is 0 Å². The molecule has 2 aromatic rings. The molecule has 1 aromatic heterocycles. The monoisotopic (exact) mass is 271 g/mol. The lowest BCUT2D eigenvalue weighted by molar-refractivity contribution is 0.0936. The zero-order valence-electron chi connectivity index (χ0n) is 12.1. The van der Waals surface area contributed by atoms with Gasteiger partial charge in [-0.3, -0.25) is 4.79 Å². The van der Waals surface area contributed by atoms with E-state index in [-0.39, 0.29) is 5.91 Å². The average molecular weight is 271 g/mol. The number of amides is 1.